The smallest absolute Gasteiger partial charge is 0.275 e. The maximum atomic E-state index is 13.2. The highest BCUT2D eigenvalue weighted by Crippen LogP contribution is 2.25. The molecule has 2 heterocycles. The number of benzene rings is 3. The molecule has 36 heavy (non-hydrogen) atoms. The molecule has 2 amide bonds. The van der Waals surface area contributed by atoms with E-state index in [9.17, 15) is 14.4 Å². The number of fused-ring (bicyclic) bond motifs is 1. The monoisotopic (exact) mass is 481 g/mol. The minimum Gasteiger partial charge on any atom is -0.336 e. The molecular formula is C28H27N5O3. The summed E-state index contributed by atoms with van der Waals surface area (Å²) < 4.78 is 0. The van der Waals surface area contributed by atoms with Gasteiger partial charge in [-0.05, 0) is 29.8 Å². The van der Waals surface area contributed by atoms with Crippen LogP contribution in [0.2, 0.25) is 0 Å². The molecule has 1 fully saturated rings. The van der Waals surface area contributed by atoms with Crippen LogP contribution in [0.15, 0.2) is 77.6 Å². The van der Waals surface area contributed by atoms with E-state index < -0.39 is 0 Å². The molecule has 0 bridgehead atoms. The van der Waals surface area contributed by atoms with Gasteiger partial charge in [0.1, 0.15) is 5.69 Å². The predicted octanol–water partition coefficient (Wildman–Crippen LogP) is 3.51. The molecule has 0 radical (unpaired) electrons. The summed E-state index contributed by atoms with van der Waals surface area (Å²) >= 11 is 0. The van der Waals surface area contributed by atoms with Crippen molar-refractivity contribution in [1.29, 1.82) is 0 Å². The van der Waals surface area contributed by atoms with E-state index in [4.69, 9.17) is 0 Å². The Morgan fingerprint density at radius 3 is 2.42 bits per heavy atom. The molecule has 3 aromatic carbocycles. The molecule has 0 atom stereocenters. The minimum atomic E-state index is -0.389. The molecule has 1 saturated heterocycles. The molecule has 182 valence electrons. The zero-order valence-corrected chi connectivity index (χ0v) is 20.0. The molecule has 0 unspecified atom stereocenters. The van der Waals surface area contributed by atoms with Gasteiger partial charge in [0.05, 0.1) is 16.7 Å². The second kappa shape index (κ2) is 10.1. The number of amides is 2. The summed E-state index contributed by atoms with van der Waals surface area (Å²) in [4.78, 5) is 49.3. The third kappa shape index (κ3) is 5.04. The van der Waals surface area contributed by atoms with Gasteiger partial charge in [0.15, 0.2) is 0 Å². The first-order chi connectivity index (χ1) is 17.5. The van der Waals surface area contributed by atoms with Crippen LogP contribution in [0.25, 0.3) is 22.3 Å². The number of carbonyl (C=O) groups is 2. The summed E-state index contributed by atoms with van der Waals surface area (Å²) in [7, 11) is 0. The number of rotatable bonds is 5. The molecule has 2 N–H and O–H groups in total. The van der Waals surface area contributed by atoms with Gasteiger partial charge in [0.25, 0.3) is 11.5 Å². The largest absolute Gasteiger partial charge is 0.336 e. The summed E-state index contributed by atoms with van der Waals surface area (Å²) in [6, 6.07) is 22.5. The fraction of sp³-hybridized carbons (Fsp3) is 0.214. The van der Waals surface area contributed by atoms with Gasteiger partial charge in [-0.2, -0.15) is 0 Å². The summed E-state index contributed by atoms with van der Waals surface area (Å²) in [6.07, 6.45) is 0. The Bertz CT molecular complexity index is 1470. The first-order valence-electron chi connectivity index (χ1n) is 11.9. The number of nitrogens with zero attached hydrogens (tertiary/aromatic N) is 3. The van der Waals surface area contributed by atoms with E-state index >= 15 is 0 Å². The van der Waals surface area contributed by atoms with Gasteiger partial charge in [0.2, 0.25) is 5.91 Å². The average molecular weight is 482 g/mol. The van der Waals surface area contributed by atoms with E-state index in [1.807, 2.05) is 23.1 Å². The van der Waals surface area contributed by atoms with Crippen LogP contribution in [0.4, 0.5) is 5.69 Å². The van der Waals surface area contributed by atoms with Crippen LogP contribution in [-0.2, 0) is 11.3 Å². The molecule has 1 aromatic heterocycles. The Morgan fingerprint density at radius 1 is 0.944 bits per heavy atom. The van der Waals surface area contributed by atoms with Crippen LogP contribution in [0.5, 0.6) is 0 Å². The second-order valence-corrected chi connectivity index (χ2v) is 8.93. The lowest BCUT2D eigenvalue weighted by Crippen LogP contribution is -2.48. The molecule has 0 aliphatic carbocycles. The zero-order valence-electron chi connectivity index (χ0n) is 20.0. The van der Waals surface area contributed by atoms with E-state index in [-0.39, 0.29) is 23.1 Å². The molecule has 8 nitrogen and oxygen atoms in total. The predicted molar refractivity (Wildman–Crippen MR) is 140 cm³/mol. The Labute approximate surface area is 208 Å². The van der Waals surface area contributed by atoms with Crippen molar-refractivity contribution >= 4 is 28.5 Å². The van der Waals surface area contributed by atoms with Crippen LogP contribution in [0, 0.1) is 0 Å². The molecule has 1 aliphatic rings. The lowest BCUT2D eigenvalue weighted by molar-refractivity contribution is -0.114. The van der Waals surface area contributed by atoms with Crippen LogP contribution < -0.4 is 10.9 Å². The van der Waals surface area contributed by atoms with Gasteiger partial charge in [-0.3, -0.25) is 19.3 Å². The number of para-hydroxylation sites is 1. The van der Waals surface area contributed by atoms with Crippen molar-refractivity contribution in [3.63, 3.8) is 0 Å². The number of piperazine rings is 1. The first kappa shape index (κ1) is 23.4. The Kier molecular flexibility index (Phi) is 6.60. The molecule has 0 spiro atoms. The van der Waals surface area contributed by atoms with Gasteiger partial charge >= 0.3 is 0 Å². The van der Waals surface area contributed by atoms with Crippen LogP contribution in [0.3, 0.4) is 0 Å². The Morgan fingerprint density at radius 2 is 1.67 bits per heavy atom. The van der Waals surface area contributed by atoms with Crippen molar-refractivity contribution < 1.29 is 9.59 Å². The third-order valence-electron chi connectivity index (χ3n) is 6.34. The van der Waals surface area contributed by atoms with Gasteiger partial charge in [-0.1, -0.05) is 48.5 Å². The van der Waals surface area contributed by atoms with Crippen molar-refractivity contribution in [3.8, 4) is 11.3 Å². The van der Waals surface area contributed by atoms with Gasteiger partial charge in [-0.25, -0.2) is 4.98 Å². The maximum Gasteiger partial charge on any atom is 0.275 e. The highest BCUT2D eigenvalue weighted by atomic mass is 16.2. The van der Waals surface area contributed by atoms with Crippen molar-refractivity contribution in [2.24, 2.45) is 0 Å². The Balaban J connectivity index is 1.33. The lowest BCUT2D eigenvalue weighted by Gasteiger charge is -2.34. The number of carbonyl (C=O) groups excluding carboxylic acids is 2. The highest BCUT2D eigenvalue weighted by Gasteiger charge is 2.23. The van der Waals surface area contributed by atoms with Gasteiger partial charge in [0, 0.05) is 50.8 Å². The molecule has 1 aliphatic heterocycles. The van der Waals surface area contributed by atoms with Gasteiger partial charge < -0.3 is 15.2 Å². The average Bonchev–Trinajstić information content (AvgIpc) is 2.89. The van der Waals surface area contributed by atoms with Crippen molar-refractivity contribution in [2.75, 3.05) is 31.5 Å². The zero-order chi connectivity index (χ0) is 25.1. The van der Waals surface area contributed by atoms with Crippen molar-refractivity contribution in [2.45, 2.75) is 13.5 Å². The number of H-pyrrole nitrogens is 1. The number of aromatic nitrogens is 2. The summed E-state index contributed by atoms with van der Waals surface area (Å²) in [5.74, 6) is -0.291. The van der Waals surface area contributed by atoms with E-state index in [0.29, 0.717) is 40.9 Å². The minimum absolute atomic E-state index is 0.0582. The lowest BCUT2D eigenvalue weighted by atomic mass is 10.1. The maximum absolute atomic E-state index is 13.2. The fourth-order valence-corrected chi connectivity index (χ4v) is 4.52. The second-order valence-electron chi connectivity index (χ2n) is 8.93. The summed E-state index contributed by atoms with van der Waals surface area (Å²) in [6.45, 7) is 5.21. The SMILES string of the molecule is CC(=O)Nc1ccccc1-c1nc2ccc(C(=O)N3CCN(Cc4ccccc4)CC3)cc2[nH]c1=O. The molecule has 4 aromatic rings. The number of hydrogen-bond donors (Lipinski definition) is 2. The van der Waals surface area contributed by atoms with E-state index in [1.165, 1.54) is 12.5 Å². The number of hydrogen-bond acceptors (Lipinski definition) is 5. The molecule has 8 heteroatoms. The fourth-order valence-electron chi connectivity index (χ4n) is 4.52. The van der Waals surface area contributed by atoms with Crippen LogP contribution >= 0.6 is 0 Å². The van der Waals surface area contributed by atoms with Gasteiger partial charge in [-0.15, -0.1) is 0 Å². The van der Waals surface area contributed by atoms with E-state index in [2.05, 4.69) is 32.3 Å². The summed E-state index contributed by atoms with van der Waals surface area (Å²) in [5, 5.41) is 2.74. The van der Waals surface area contributed by atoms with Crippen molar-refractivity contribution in [3.05, 3.63) is 94.3 Å². The standard InChI is InChI=1S/C28H27N5O3/c1-19(34)29-23-10-6-5-9-22(23)26-27(35)31-25-17-21(11-12-24(25)30-26)28(36)33-15-13-32(14-16-33)18-20-7-3-2-4-8-20/h2-12,17H,13-16,18H2,1H3,(H,29,34)(H,31,35). The van der Waals surface area contributed by atoms with Crippen LogP contribution in [0.1, 0.15) is 22.8 Å². The normalized spacial score (nSPS) is 14.1. The topological polar surface area (TPSA) is 98.4 Å². The Hall–Kier alpha value is -4.30. The number of anilines is 1. The third-order valence-corrected chi connectivity index (χ3v) is 6.34. The van der Waals surface area contributed by atoms with Crippen LogP contribution in [-0.4, -0.2) is 57.8 Å². The molecular weight excluding hydrogens is 454 g/mol. The van der Waals surface area contributed by atoms with E-state index in [1.54, 1.807) is 42.5 Å². The number of aromatic amines is 1. The van der Waals surface area contributed by atoms with Crippen molar-refractivity contribution in [1.82, 2.24) is 19.8 Å². The van der Waals surface area contributed by atoms with E-state index in [0.717, 1.165) is 19.6 Å². The summed E-state index contributed by atoms with van der Waals surface area (Å²) in [5.41, 5.74) is 3.70. The molecule has 0 saturated carbocycles. The first-order valence-corrected chi connectivity index (χ1v) is 11.9. The highest BCUT2D eigenvalue weighted by molar-refractivity contribution is 5.98. The number of nitrogens with one attached hydrogen (secondary N) is 2. The molecule has 5 rings (SSSR count). The quantitative estimate of drug-likeness (QED) is 0.455.